The first kappa shape index (κ1) is 21.1. The zero-order valence-corrected chi connectivity index (χ0v) is 16.9. The smallest absolute Gasteiger partial charge is 0.336 e. The quantitative estimate of drug-likeness (QED) is 0.431. The Morgan fingerprint density at radius 3 is 2.40 bits per heavy atom. The molecule has 154 valence electrons. The first-order chi connectivity index (χ1) is 14.1. The summed E-state index contributed by atoms with van der Waals surface area (Å²) in [6.07, 6.45) is 1.05. The molecule has 0 bridgehead atoms. The van der Waals surface area contributed by atoms with Crippen molar-refractivity contribution in [3.05, 3.63) is 75.5 Å². The van der Waals surface area contributed by atoms with E-state index in [1.54, 1.807) is 13.0 Å². The Balaban J connectivity index is 1.86. The third kappa shape index (κ3) is 4.18. The molecule has 12 heteroatoms. The standard InChI is InChI=1S/C18H13N3O7S2/c1-10-2-7-13(17(23)24)14(8-10)16(22)20-18-19-9-15(29-18)30(27,28)12-5-3-11(4-6-12)21(25)26/h2-9H,1H3,(H,23,24)(H,19,20,22). The minimum absolute atomic E-state index is 0.0432. The van der Waals surface area contributed by atoms with E-state index in [0.717, 1.165) is 30.5 Å². The van der Waals surface area contributed by atoms with E-state index in [1.807, 2.05) is 0 Å². The van der Waals surface area contributed by atoms with E-state index in [1.165, 1.54) is 12.1 Å². The number of benzene rings is 2. The van der Waals surface area contributed by atoms with Crippen molar-refractivity contribution < 1.29 is 28.0 Å². The fraction of sp³-hybridized carbons (Fsp3) is 0.0556. The summed E-state index contributed by atoms with van der Waals surface area (Å²) in [4.78, 5) is 37.6. The number of rotatable bonds is 6. The van der Waals surface area contributed by atoms with Gasteiger partial charge in [0.15, 0.2) is 5.13 Å². The molecule has 0 aliphatic heterocycles. The molecule has 1 amide bonds. The zero-order chi connectivity index (χ0) is 22.1. The number of nitrogens with zero attached hydrogens (tertiary/aromatic N) is 2. The number of aryl methyl sites for hydroxylation is 1. The van der Waals surface area contributed by atoms with Crippen molar-refractivity contribution in [2.24, 2.45) is 0 Å². The Labute approximate surface area is 173 Å². The lowest BCUT2D eigenvalue weighted by Gasteiger charge is -2.06. The number of carbonyl (C=O) groups is 2. The number of anilines is 1. The Bertz CT molecular complexity index is 1270. The second-order valence-electron chi connectivity index (χ2n) is 6.05. The van der Waals surface area contributed by atoms with Crippen LogP contribution in [-0.2, 0) is 9.84 Å². The Kier molecular flexibility index (Phi) is 5.62. The van der Waals surface area contributed by atoms with E-state index in [2.05, 4.69) is 10.3 Å². The van der Waals surface area contributed by atoms with E-state index in [-0.39, 0.29) is 31.1 Å². The molecular formula is C18H13N3O7S2. The van der Waals surface area contributed by atoms with Gasteiger partial charge in [-0.2, -0.15) is 0 Å². The Morgan fingerprint density at radius 1 is 1.13 bits per heavy atom. The summed E-state index contributed by atoms with van der Waals surface area (Å²) in [6.45, 7) is 1.70. The van der Waals surface area contributed by atoms with Crippen molar-refractivity contribution in [3.63, 3.8) is 0 Å². The number of aromatic carboxylic acids is 1. The molecule has 1 aromatic heterocycles. The van der Waals surface area contributed by atoms with Gasteiger partial charge in [-0.25, -0.2) is 18.2 Å². The van der Waals surface area contributed by atoms with Gasteiger partial charge in [0.1, 0.15) is 4.21 Å². The summed E-state index contributed by atoms with van der Waals surface area (Å²) in [5, 5.41) is 22.3. The van der Waals surface area contributed by atoms with Crippen molar-refractivity contribution in [2.45, 2.75) is 16.0 Å². The Hall–Kier alpha value is -3.64. The maximum atomic E-state index is 12.7. The topological polar surface area (TPSA) is 157 Å². The van der Waals surface area contributed by atoms with Gasteiger partial charge in [-0.1, -0.05) is 23.0 Å². The number of amides is 1. The van der Waals surface area contributed by atoms with Crippen molar-refractivity contribution in [1.82, 2.24) is 4.98 Å². The van der Waals surface area contributed by atoms with Gasteiger partial charge in [0, 0.05) is 12.1 Å². The number of carbonyl (C=O) groups excluding carboxylic acids is 1. The molecule has 2 N–H and O–H groups in total. The summed E-state index contributed by atoms with van der Waals surface area (Å²) in [5.41, 5.74) is 0.134. The predicted octanol–water partition coefficient (Wildman–Crippen LogP) is 3.14. The highest BCUT2D eigenvalue weighted by Gasteiger charge is 2.23. The molecule has 0 fully saturated rings. The van der Waals surface area contributed by atoms with Gasteiger partial charge >= 0.3 is 5.97 Å². The van der Waals surface area contributed by atoms with Crippen LogP contribution in [0.5, 0.6) is 0 Å². The van der Waals surface area contributed by atoms with Crippen LogP contribution in [0.2, 0.25) is 0 Å². The van der Waals surface area contributed by atoms with Crippen LogP contribution in [0.1, 0.15) is 26.3 Å². The molecule has 3 rings (SSSR count). The molecule has 10 nitrogen and oxygen atoms in total. The lowest BCUT2D eigenvalue weighted by atomic mass is 10.0. The molecule has 0 atom stereocenters. The molecule has 0 unspecified atom stereocenters. The van der Waals surface area contributed by atoms with Crippen LogP contribution >= 0.6 is 11.3 Å². The van der Waals surface area contributed by atoms with Crippen LogP contribution in [0.15, 0.2) is 57.8 Å². The first-order valence-electron chi connectivity index (χ1n) is 8.20. The van der Waals surface area contributed by atoms with Gasteiger partial charge in [0.2, 0.25) is 9.84 Å². The number of hydrogen-bond donors (Lipinski definition) is 2. The van der Waals surface area contributed by atoms with Gasteiger partial charge in [-0.3, -0.25) is 20.2 Å². The van der Waals surface area contributed by atoms with Crippen LogP contribution < -0.4 is 5.32 Å². The number of nitrogens with one attached hydrogen (secondary N) is 1. The van der Waals surface area contributed by atoms with E-state index in [0.29, 0.717) is 16.9 Å². The van der Waals surface area contributed by atoms with E-state index >= 15 is 0 Å². The fourth-order valence-electron chi connectivity index (χ4n) is 2.50. The minimum Gasteiger partial charge on any atom is -0.478 e. The van der Waals surface area contributed by atoms with E-state index in [9.17, 15) is 33.2 Å². The van der Waals surface area contributed by atoms with Crippen LogP contribution in [0.4, 0.5) is 10.8 Å². The van der Waals surface area contributed by atoms with Gasteiger partial charge in [0.05, 0.1) is 27.1 Å². The van der Waals surface area contributed by atoms with Gasteiger partial charge in [-0.05, 0) is 31.2 Å². The fourth-order valence-corrected chi connectivity index (χ4v) is 4.93. The molecule has 2 aromatic carbocycles. The molecule has 30 heavy (non-hydrogen) atoms. The molecule has 0 spiro atoms. The zero-order valence-electron chi connectivity index (χ0n) is 15.2. The van der Waals surface area contributed by atoms with Crippen LogP contribution in [0, 0.1) is 17.0 Å². The predicted molar refractivity (Wildman–Crippen MR) is 107 cm³/mol. The van der Waals surface area contributed by atoms with Crippen LogP contribution in [0.3, 0.4) is 0 Å². The van der Waals surface area contributed by atoms with E-state index < -0.39 is 26.6 Å². The number of aromatic nitrogens is 1. The number of nitro benzene ring substituents is 1. The number of carboxylic acids is 1. The monoisotopic (exact) mass is 447 g/mol. The minimum atomic E-state index is -4.00. The third-order valence-corrected chi connectivity index (χ3v) is 7.12. The number of nitro groups is 1. The lowest BCUT2D eigenvalue weighted by molar-refractivity contribution is -0.384. The number of hydrogen-bond acceptors (Lipinski definition) is 8. The highest BCUT2D eigenvalue weighted by molar-refractivity contribution is 7.93. The largest absolute Gasteiger partial charge is 0.478 e. The molecule has 1 heterocycles. The number of sulfone groups is 1. The summed E-state index contributed by atoms with van der Waals surface area (Å²) in [5.74, 6) is -2.02. The van der Waals surface area contributed by atoms with Crippen molar-refractivity contribution in [3.8, 4) is 0 Å². The van der Waals surface area contributed by atoms with Gasteiger partial charge in [-0.15, -0.1) is 0 Å². The first-order valence-corrected chi connectivity index (χ1v) is 10.5. The third-order valence-electron chi connectivity index (χ3n) is 3.98. The average Bonchev–Trinajstić information content (AvgIpc) is 3.17. The van der Waals surface area contributed by atoms with Crippen molar-refractivity contribution in [2.75, 3.05) is 5.32 Å². The molecule has 0 saturated heterocycles. The van der Waals surface area contributed by atoms with Crippen molar-refractivity contribution >= 4 is 43.9 Å². The highest BCUT2D eigenvalue weighted by atomic mass is 32.2. The number of carboxylic acid groups (broad SMARTS) is 1. The second kappa shape index (κ2) is 8.00. The summed E-state index contributed by atoms with van der Waals surface area (Å²) in [7, 11) is -4.00. The molecule has 0 radical (unpaired) electrons. The molecular weight excluding hydrogens is 434 g/mol. The van der Waals surface area contributed by atoms with Crippen LogP contribution in [-0.4, -0.2) is 35.3 Å². The van der Waals surface area contributed by atoms with E-state index in [4.69, 9.17) is 0 Å². The second-order valence-corrected chi connectivity index (χ2v) is 9.25. The summed E-state index contributed by atoms with van der Waals surface area (Å²) >= 11 is 0.674. The Morgan fingerprint density at radius 2 is 1.80 bits per heavy atom. The van der Waals surface area contributed by atoms with Gasteiger partial charge in [0.25, 0.3) is 11.6 Å². The molecule has 0 saturated carbocycles. The van der Waals surface area contributed by atoms with Crippen molar-refractivity contribution in [1.29, 1.82) is 0 Å². The number of non-ortho nitro benzene ring substituents is 1. The number of thiazole rings is 1. The molecule has 0 aliphatic rings. The normalized spacial score (nSPS) is 11.1. The maximum absolute atomic E-state index is 12.7. The highest BCUT2D eigenvalue weighted by Crippen LogP contribution is 2.30. The maximum Gasteiger partial charge on any atom is 0.336 e. The van der Waals surface area contributed by atoms with Crippen LogP contribution in [0.25, 0.3) is 0 Å². The van der Waals surface area contributed by atoms with Gasteiger partial charge < -0.3 is 5.11 Å². The average molecular weight is 447 g/mol. The summed E-state index contributed by atoms with van der Waals surface area (Å²) < 4.78 is 25.2. The lowest BCUT2D eigenvalue weighted by Crippen LogP contribution is -2.16. The molecule has 0 aliphatic carbocycles. The molecule has 3 aromatic rings. The SMILES string of the molecule is Cc1ccc(C(=O)O)c(C(=O)Nc2ncc(S(=O)(=O)c3ccc([N+](=O)[O-])cc3)s2)c1. The summed E-state index contributed by atoms with van der Waals surface area (Å²) in [6, 6.07) is 8.62.